The second-order valence-corrected chi connectivity index (χ2v) is 7.55. The first-order valence-corrected chi connectivity index (χ1v) is 10.6. The normalized spacial score (nSPS) is 14.9. The molecule has 2 heterocycles. The molecule has 0 fully saturated rings. The van der Waals surface area contributed by atoms with Gasteiger partial charge in [-0.25, -0.2) is 0 Å². The van der Waals surface area contributed by atoms with E-state index in [0.717, 1.165) is 11.3 Å². The molecule has 8 heteroatoms. The molecule has 1 N–H and O–H groups in total. The lowest BCUT2D eigenvalue weighted by molar-refractivity contribution is -0.129. The lowest BCUT2D eigenvalue weighted by Gasteiger charge is -2.34. The number of carbonyl (C=O) groups excluding carboxylic acids is 3. The van der Waals surface area contributed by atoms with Crippen molar-refractivity contribution in [2.75, 3.05) is 18.6 Å². The smallest absolute Gasteiger partial charge is 0.268 e. The molecule has 1 aliphatic heterocycles. The monoisotopic (exact) mass is 448 g/mol. The van der Waals surface area contributed by atoms with Gasteiger partial charge in [-0.05, 0) is 54.4 Å². The Morgan fingerprint density at radius 2 is 1.91 bits per heavy atom. The highest BCUT2D eigenvalue weighted by molar-refractivity contribution is 6.10. The van der Waals surface area contributed by atoms with E-state index in [1.54, 1.807) is 37.4 Å². The van der Waals surface area contributed by atoms with Crippen LogP contribution in [0.25, 0.3) is 0 Å². The van der Waals surface area contributed by atoms with E-state index in [1.807, 2.05) is 31.2 Å². The summed E-state index contributed by atoms with van der Waals surface area (Å²) in [5, 5.41) is 2.83. The zero-order valence-electron chi connectivity index (χ0n) is 18.4. The van der Waals surface area contributed by atoms with Crippen LogP contribution >= 0.6 is 0 Å². The zero-order valence-corrected chi connectivity index (χ0v) is 18.4. The van der Waals surface area contributed by atoms with Crippen LogP contribution in [0.5, 0.6) is 11.5 Å². The van der Waals surface area contributed by atoms with Gasteiger partial charge < -0.3 is 19.2 Å². The standard InChI is InChI=1S/C25H24N2O6/c1-3-20-25(30)27(15-23(28)26-14-16-6-9-18(31-2)10-7-16)19-13-17(8-11-21(19)33-20)24(29)22-5-4-12-32-22/h4-13,20H,3,14-15H2,1-2H3,(H,26,28). The molecule has 0 bridgehead atoms. The highest BCUT2D eigenvalue weighted by Crippen LogP contribution is 2.36. The molecule has 1 atom stereocenters. The van der Waals surface area contributed by atoms with Crippen molar-refractivity contribution >= 4 is 23.3 Å². The Bertz CT molecular complexity index is 1150. The first-order valence-electron chi connectivity index (χ1n) is 10.6. The number of hydrogen-bond acceptors (Lipinski definition) is 6. The van der Waals surface area contributed by atoms with Gasteiger partial charge in [-0.3, -0.25) is 19.3 Å². The number of ketones is 1. The van der Waals surface area contributed by atoms with Crippen molar-refractivity contribution in [3.8, 4) is 11.5 Å². The van der Waals surface area contributed by atoms with Crippen LogP contribution in [0, 0.1) is 0 Å². The molecule has 4 rings (SSSR count). The molecule has 1 aliphatic rings. The van der Waals surface area contributed by atoms with Gasteiger partial charge in [0.1, 0.15) is 18.0 Å². The molecule has 0 saturated carbocycles. The summed E-state index contributed by atoms with van der Waals surface area (Å²) < 4.78 is 16.1. The fourth-order valence-corrected chi connectivity index (χ4v) is 3.58. The van der Waals surface area contributed by atoms with Crippen LogP contribution in [0.3, 0.4) is 0 Å². The van der Waals surface area contributed by atoms with Crippen LogP contribution in [0.1, 0.15) is 35.0 Å². The molecule has 1 unspecified atom stereocenters. The summed E-state index contributed by atoms with van der Waals surface area (Å²) in [6, 6.07) is 15.4. The van der Waals surface area contributed by atoms with Gasteiger partial charge in [0.15, 0.2) is 11.9 Å². The minimum atomic E-state index is -0.696. The Balaban J connectivity index is 1.53. The lowest BCUT2D eigenvalue weighted by atomic mass is 10.0. The van der Waals surface area contributed by atoms with Gasteiger partial charge in [-0.1, -0.05) is 19.1 Å². The molecule has 1 aromatic heterocycles. The Morgan fingerprint density at radius 1 is 1.12 bits per heavy atom. The van der Waals surface area contributed by atoms with Gasteiger partial charge in [0.25, 0.3) is 5.91 Å². The molecule has 0 aliphatic carbocycles. The molecule has 0 radical (unpaired) electrons. The van der Waals surface area contributed by atoms with E-state index in [2.05, 4.69) is 5.32 Å². The second kappa shape index (κ2) is 9.60. The van der Waals surface area contributed by atoms with Crippen molar-refractivity contribution in [3.63, 3.8) is 0 Å². The summed E-state index contributed by atoms with van der Waals surface area (Å²) in [7, 11) is 1.59. The minimum absolute atomic E-state index is 0.188. The highest BCUT2D eigenvalue weighted by Gasteiger charge is 2.35. The third kappa shape index (κ3) is 4.74. The molecular weight excluding hydrogens is 424 g/mol. The van der Waals surface area contributed by atoms with Gasteiger partial charge >= 0.3 is 0 Å². The minimum Gasteiger partial charge on any atom is -0.497 e. The summed E-state index contributed by atoms with van der Waals surface area (Å²) in [4.78, 5) is 39.8. The van der Waals surface area contributed by atoms with Crippen molar-refractivity contribution in [1.82, 2.24) is 5.32 Å². The molecule has 2 aromatic carbocycles. The number of benzene rings is 2. The quantitative estimate of drug-likeness (QED) is 0.531. The van der Waals surface area contributed by atoms with Crippen LogP contribution in [0.4, 0.5) is 5.69 Å². The maximum Gasteiger partial charge on any atom is 0.268 e. The molecule has 2 amide bonds. The number of nitrogens with zero attached hydrogens (tertiary/aromatic N) is 1. The van der Waals surface area contributed by atoms with Crippen molar-refractivity contribution in [2.24, 2.45) is 0 Å². The SMILES string of the molecule is CCC1Oc2ccc(C(=O)c3ccco3)cc2N(CC(=O)NCc2ccc(OC)cc2)C1=O. The molecular formula is C25H24N2O6. The van der Waals surface area contributed by atoms with E-state index >= 15 is 0 Å². The number of carbonyl (C=O) groups is 3. The van der Waals surface area contributed by atoms with Crippen LogP contribution in [-0.4, -0.2) is 37.4 Å². The molecule has 170 valence electrons. The predicted octanol–water partition coefficient (Wildman–Crippen LogP) is 3.34. The number of furan rings is 1. The van der Waals surface area contributed by atoms with Crippen LogP contribution < -0.4 is 19.7 Å². The number of nitrogens with one attached hydrogen (secondary N) is 1. The van der Waals surface area contributed by atoms with Gasteiger partial charge in [-0.15, -0.1) is 0 Å². The van der Waals surface area contributed by atoms with E-state index in [4.69, 9.17) is 13.9 Å². The van der Waals surface area contributed by atoms with Crippen molar-refractivity contribution in [3.05, 3.63) is 77.7 Å². The third-order valence-corrected chi connectivity index (χ3v) is 5.39. The Hall–Kier alpha value is -4.07. The number of hydrogen-bond donors (Lipinski definition) is 1. The van der Waals surface area contributed by atoms with Gasteiger partial charge in [0.2, 0.25) is 11.7 Å². The summed E-state index contributed by atoms with van der Waals surface area (Å²) in [6.45, 7) is 1.95. The van der Waals surface area contributed by atoms with E-state index in [-0.39, 0.29) is 29.9 Å². The first kappa shape index (κ1) is 22.1. The number of fused-ring (bicyclic) bond motifs is 1. The van der Waals surface area contributed by atoms with Gasteiger partial charge in [0.05, 0.1) is 19.1 Å². The van der Waals surface area contributed by atoms with Crippen LogP contribution in [0.2, 0.25) is 0 Å². The third-order valence-electron chi connectivity index (χ3n) is 5.39. The number of rotatable bonds is 8. The molecule has 8 nitrogen and oxygen atoms in total. The lowest BCUT2D eigenvalue weighted by Crippen LogP contribution is -2.49. The van der Waals surface area contributed by atoms with Crippen molar-refractivity contribution in [1.29, 1.82) is 0 Å². The highest BCUT2D eigenvalue weighted by atomic mass is 16.5. The molecule has 0 spiro atoms. The summed E-state index contributed by atoms with van der Waals surface area (Å²) in [5.74, 6) is 0.383. The summed E-state index contributed by atoms with van der Waals surface area (Å²) in [5.41, 5.74) is 1.61. The number of amides is 2. The van der Waals surface area contributed by atoms with Crippen LogP contribution in [0.15, 0.2) is 65.3 Å². The van der Waals surface area contributed by atoms with E-state index in [9.17, 15) is 14.4 Å². The number of anilines is 1. The first-order chi connectivity index (χ1) is 16.0. The summed E-state index contributed by atoms with van der Waals surface area (Å²) >= 11 is 0. The number of methoxy groups -OCH3 is 1. The predicted molar refractivity (Wildman–Crippen MR) is 120 cm³/mol. The molecule has 0 saturated heterocycles. The Kier molecular flexibility index (Phi) is 6.44. The molecule has 33 heavy (non-hydrogen) atoms. The van der Waals surface area contributed by atoms with Crippen molar-refractivity contribution < 1.29 is 28.3 Å². The van der Waals surface area contributed by atoms with Crippen LogP contribution in [-0.2, 0) is 16.1 Å². The summed E-state index contributed by atoms with van der Waals surface area (Å²) in [6.07, 6.45) is 1.18. The fourth-order valence-electron chi connectivity index (χ4n) is 3.58. The zero-order chi connectivity index (χ0) is 23.4. The average Bonchev–Trinajstić information content (AvgIpc) is 3.39. The Labute approximate surface area is 191 Å². The van der Waals surface area contributed by atoms with E-state index < -0.39 is 6.10 Å². The topological polar surface area (TPSA) is 98.1 Å². The average molecular weight is 448 g/mol. The number of ether oxygens (including phenoxy) is 2. The van der Waals surface area contributed by atoms with Gasteiger partial charge in [-0.2, -0.15) is 0 Å². The van der Waals surface area contributed by atoms with E-state index in [1.165, 1.54) is 11.2 Å². The Morgan fingerprint density at radius 3 is 2.58 bits per heavy atom. The fraction of sp³-hybridized carbons (Fsp3) is 0.240. The van der Waals surface area contributed by atoms with E-state index in [0.29, 0.717) is 30.0 Å². The largest absolute Gasteiger partial charge is 0.497 e. The maximum atomic E-state index is 13.0. The van der Waals surface area contributed by atoms with Crippen molar-refractivity contribution in [2.45, 2.75) is 26.0 Å². The maximum absolute atomic E-state index is 13.0. The molecule has 3 aromatic rings. The second-order valence-electron chi connectivity index (χ2n) is 7.55. The van der Waals surface area contributed by atoms with Gasteiger partial charge in [0, 0.05) is 12.1 Å².